The van der Waals surface area contributed by atoms with Crippen LogP contribution in [-0.2, 0) is 13.1 Å². The predicted molar refractivity (Wildman–Crippen MR) is 95.4 cm³/mol. The fourth-order valence-electron chi connectivity index (χ4n) is 2.84. The van der Waals surface area contributed by atoms with E-state index in [0.29, 0.717) is 31.0 Å². The predicted octanol–water partition coefficient (Wildman–Crippen LogP) is 3.89. The molecule has 0 radical (unpaired) electrons. The first-order valence-corrected chi connectivity index (χ1v) is 8.21. The van der Waals surface area contributed by atoms with Crippen LogP contribution >= 0.6 is 0 Å². The fourth-order valence-corrected chi connectivity index (χ4v) is 2.84. The Morgan fingerprint density at radius 3 is 2.44 bits per heavy atom. The van der Waals surface area contributed by atoms with Crippen LogP contribution in [0.2, 0.25) is 0 Å². The van der Waals surface area contributed by atoms with Gasteiger partial charge in [0.2, 0.25) is 0 Å². The molecule has 4 nitrogen and oxygen atoms in total. The van der Waals surface area contributed by atoms with Crippen molar-refractivity contribution in [2.75, 3.05) is 6.54 Å². The SMILES string of the molecule is N#Cc1cccc(CN(Cc2ccccc2)CC(O)c2ccco2)c1. The first kappa shape index (κ1) is 17.0. The van der Waals surface area contributed by atoms with Gasteiger partial charge in [0.1, 0.15) is 11.9 Å². The summed E-state index contributed by atoms with van der Waals surface area (Å²) in [5.41, 5.74) is 2.86. The smallest absolute Gasteiger partial charge is 0.133 e. The van der Waals surface area contributed by atoms with Gasteiger partial charge in [-0.3, -0.25) is 4.90 Å². The highest BCUT2D eigenvalue weighted by atomic mass is 16.4. The van der Waals surface area contributed by atoms with Crippen molar-refractivity contribution in [3.63, 3.8) is 0 Å². The number of hydrogen-bond acceptors (Lipinski definition) is 4. The molecule has 126 valence electrons. The molecule has 25 heavy (non-hydrogen) atoms. The average Bonchev–Trinajstić information content (AvgIpc) is 3.17. The molecule has 3 rings (SSSR count). The Bertz CT molecular complexity index is 823. The molecule has 0 aliphatic rings. The molecule has 0 aliphatic heterocycles. The molecular weight excluding hydrogens is 312 g/mol. The van der Waals surface area contributed by atoms with Gasteiger partial charge in [-0.1, -0.05) is 42.5 Å². The number of aliphatic hydroxyl groups excluding tert-OH is 1. The van der Waals surface area contributed by atoms with E-state index in [2.05, 4.69) is 23.1 Å². The number of benzene rings is 2. The summed E-state index contributed by atoms with van der Waals surface area (Å²) in [6.07, 6.45) is 0.870. The van der Waals surface area contributed by atoms with Crippen molar-refractivity contribution in [1.29, 1.82) is 5.26 Å². The zero-order valence-corrected chi connectivity index (χ0v) is 13.9. The molecule has 0 spiro atoms. The van der Waals surface area contributed by atoms with Crippen LogP contribution in [0.3, 0.4) is 0 Å². The summed E-state index contributed by atoms with van der Waals surface area (Å²) >= 11 is 0. The maximum absolute atomic E-state index is 10.4. The molecule has 0 saturated heterocycles. The van der Waals surface area contributed by atoms with E-state index in [-0.39, 0.29) is 0 Å². The van der Waals surface area contributed by atoms with Gasteiger partial charge in [-0.2, -0.15) is 5.26 Å². The van der Waals surface area contributed by atoms with Crippen molar-refractivity contribution < 1.29 is 9.52 Å². The maximum atomic E-state index is 10.4. The van der Waals surface area contributed by atoms with Crippen LogP contribution in [0.15, 0.2) is 77.4 Å². The number of nitrogens with zero attached hydrogens (tertiary/aromatic N) is 2. The highest BCUT2D eigenvalue weighted by Crippen LogP contribution is 2.18. The van der Waals surface area contributed by atoms with Crippen LogP contribution in [-0.4, -0.2) is 16.6 Å². The van der Waals surface area contributed by atoms with E-state index in [4.69, 9.17) is 9.68 Å². The lowest BCUT2D eigenvalue weighted by Crippen LogP contribution is -2.28. The second-order valence-corrected chi connectivity index (χ2v) is 6.00. The van der Waals surface area contributed by atoms with Crippen molar-refractivity contribution in [3.05, 3.63) is 95.4 Å². The Balaban J connectivity index is 1.76. The molecule has 0 bridgehead atoms. The Kier molecular flexibility index (Phi) is 5.63. The van der Waals surface area contributed by atoms with Gasteiger partial charge in [-0.25, -0.2) is 0 Å². The van der Waals surface area contributed by atoms with E-state index in [1.165, 1.54) is 5.56 Å². The van der Waals surface area contributed by atoms with Gasteiger partial charge in [0, 0.05) is 19.6 Å². The average molecular weight is 332 g/mol. The number of rotatable bonds is 7. The summed E-state index contributed by atoms with van der Waals surface area (Å²) < 4.78 is 5.31. The topological polar surface area (TPSA) is 60.4 Å². The van der Waals surface area contributed by atoms with E-state index in [0.717, 1.165) is 5.56 Å². The number of furan rings is 1. The summed E-state index contributed by atoms with van der Waals surface area (Å²) in [4.78, 5) is 2.15. The van der Waals surface area contributed by atoms with E-state index in [1.807, 2.05) is 36.4 Å². The molecule has 1 atom stereocenters. The Morgan fingerprint density at radius 1 is 0.960 bits per heavy atom. The third-order valence-corrected chi connectivity index (χ3v) is 4.01. The molecule has 0 saturated carbocycles. The van der Waals surface area contributed by atoms with Gasteiger partial charge in [-0.15, -0.1) is 0 Å². The van der Waals surface area contributed by atoms with Crippen LogP contribution in [0, 0.1) is 11.3 Å². The lowest BCUT2D eigenvalue weighted by atomic mass is 10.1. The van der Waals surface area contributed by atoms with Gasteiger partial charge in [0.25, 0.3) is 0 Å². The summed E-state index contributed by atoms with van der Waals surface area (Å²) in [6.45, 7) is 1.79. The van der Waals surface area contributed by atoms with Crippen molar-refractivity contribution >= 4 is 0 Å². The standard InChI is InChI=1S/C21H20N2O2/c22-13-18-8-4-9-19(12-18)15-23(14-17-6-2-1-3-7-17)16-20(24)21-10-5-11-25-21/h1-12,20,24H,14-16H2. The maximum Gasteiger partial charge on any atom is 0.133 e. The largest absolute Gasteiger partial charge is 0.467 e. The Morgan fingerprint density at radius 2 is 1.72 bits per heavy atom. The second-order valence-electron chi connectivity index (χ2n) is 6.00. The molecule has 0 aliphatic carbocycles. The molecule has 1 unspecified atom stereocenters. The molecule has 3 aromatic rings. The summed E-state index contributed by atoms with van der Waals surface area (Å²) in [5.74, 6) is 0.559. The van der Waals surface area contributed by atoms with Gasteiger partial charge >= 0.3 is 0 Å². The Labute approximate surface area is 147 Å². The van der Waals surface area contributed by atoms with Crippen LogP contribution < -0.4 is 0 Å². The third-order valence-electron chi connectivity index (χ3n) is 4.01. The van der Waals surface area contributed by atoms with Crippen LogP contribution in [0.1, 0.15) is 28.6 Å². The van der Waals surface area contributed by atoms with Gasteiger partial charge in [-0.05, 0) is 35.4 Å². The minimum atomic E-state index is -0.696. The third kappa shape index (κ3) is 4.80. The monoisotopic (exact) mass is 332 g/mol. The van der Waals surface area contributed by atoms with Gasteiger partial charge < -0.3 is 9.52 Å². The molecule has 0 amide bonds. The van der Waals surface area contributed by atoms with Crippen LogP contribution in [0.4, 0.5) is 0 Å². The van der Waals surface area contributed by atoms with Crippen molar-refractivity contribution in [2.45, 2.75) is 19.2 Å². The minimum Gasteiger partial charge on any atom is -0.467 e. The fraction of sp³-hybridized carbons (Fsp3) is 0.190. The quantitative estimate of drug-likeness (QED) is 0.713. The molecule has 1 heterocycles. The van der Waals surface area contributed by atoms with E-state index in [1.54, 1.807) is 24.5 Å². The molecule has 1 N–H and O–H groups in total. The minimum absolute atomic E-state index is 0.444. The normalized spacial score (nSPS) is 12.0. The van der Waals surface area contributed by atoms with Crippen LogP contribution in [0.5, 0.6) is 0 Å². The first-order chi connectivity index (χ1) is 12.2. The van der Waals surface area contributed by atoms with Crippen molar-refractivity contribution in [3.8, 4) is 6.07 Å². The number of hydrogen-bond donors (Lipinski definition) is 1. The number of aliphatic hydroxyl groups is 1. The van der Waals surface area contributed by atoms with E-state index < -0.39 is 6.10 Å². The second kappa shape index (κ2) is 8.29. The van der Waals surface area contributed by atoms with E-state index >= 15 is 0 Å². The zero-order chi connectivity index (χ0) is 17.5. The van der Waals surface area contributed by atoms with Gasteiger partial charge in [0.05, 0.1) is 17.9 Å². The summed E-state index contributed by atoms with van der Waals surface area (Å²) in [6, 6.07) is 23.4. The molecular formula is C21H20N2O2. The lowest BCUT2D eigenvalue weighted by molar-refractivity contribution is 0.0873. The first-order valence-electron chi connectivity index (χ1n) is 8.21. The molecule has 0 fully saturated rings. The number of nitriles is 1. The molecule has 2 aromatic carbocycles. The molecule has 4 heteroatoms. The van der Waals surface area contributed by atoms with Crippen molar-refractivity contribution in [1.82, 2.24) is 4.90 Å². The lowest BCUT2D eigenvalue weighted by Gasteiger charge is -2.24. The highest BCUT2D eigenvalue weighted by Gasteiger charge is 2.16. The highest BCUT2D eigenvalue weighted by molar-refractivity contribution is 5.32. The van der Waals surface area contributed by atoms with Gasteiger partial charge in [0.15, 0.2) is 0 Å². The van der Waals surface area contributed by atoms with E-state index in [9.17, 15) is 5.11 Å². The Hall–Kier alpha value is -2.87. The van der Waals surface area contributed by atoms with Crippen molar-refractivity contribution in [2.24, 2.45) is 0 Å². The molecule has 1 aromatic heterocycles. The zero-order valence-electron chi connectivity index (χ0n) is 13.9. The summed E-state index contributed by atoms with van der Waals surface area (Å²) in [5, 5.41) is 19.5. The summed E-state index contributed by atoms with van der Waals surface area (Å²) in [7, 11) is 0. The van der Waals surface area contributed by atoms with Crippen LogP contribution in [0.25, 0.3) is 0 Å².